The highest BCUT2D eigenvalue weighted by Crippen LogP contribution is 2.57. The van der Waals surface area contributed by atoms with E-state index in [1.165, 1.54) is 0 Å². The van der Waals surface area contributed by atoms with E-state index in [4.69, 9.17) is 25.8 Å². The first-order valence-electron chi connectivity index (χ1n) is 19.2. The summed E-state index contributed by atoms with van der Waals surface area (Å²) in [5, 5.41) is 12.5. The average Bonchev–Trinajstić information content (AvgIpc) is 3.32. The van der Waals surface area contributed by atoms with Crippen molar-refractivity contribution in [2.24, 2.45) is 0 Å². The van der Waals surface area contributed by atoms with Gasteiger partial charge in [0.05, 0.1) is 30.9 Å². The molecule has 54 heavy (non-hydrogen) atoms. The van der Waals surface area contributed by atoms with E-state index in [-0.39, 0.29) is 17.4 Å². The molecule has 0 saturated carbocycles. The number of fused-ring (bicyclic) bond motifs is 6. The number of likely N-dealkylation sites (N-methyl/N-ethyl adjacent to an activating group) is 2. The van der Waals surface area contributed by atoms with Gasteiger partial charge in [-0.15, -0.1) is 11.6 Å². The summed E-state index contributed by atoms with van der Waals surface area (Å²) in [4.78, 5) is 36.7. The lowest BCUT2D eigenvalue weighted by atomic mass is 9.67. The SMILES string of the molecule is CN(C)C1CN(c2ccc3c(c2)Oc2cc(N4CC(N(C)C)C4)ccc2C32C(=N)C(=O)c3ccc(C(=O)NCCOCCOCCCCCCCl)cc32)C1. The van der Waals surface area contributed by atoms with Gasteiger partial charge in [0.2, 0.25) is 5.78 Å². The van der Waals surface area contributed by atoms with Crippen LogP contribution in [0.2, 0.25) is 0 Å². The standard InChI is InChI=1S/C42H53ClN6O5/c1-46(2)31-24-48(25-31)29-10-13-34-37(22-29)54-38-23-30(49-26-32(27-49)47(3)4)11-14-35(38)42(34)36-21-28(9-12-33(36)39(50)40(42)44)41(51)45-16-18-53-20-19-52-17-8-6-5-7-15-43/h9-14,21-23,31-32,44H,5-8,15-20,24-27H2,1-4H3,(H,45,51). The van der Waals surface area contributed by atoms with Gasteiger partial charge in [-0.3, -0.25) is 15.0 Å². The van der Waals surface area contributed by atoms with Crippen LogP contribution in [0.4, 0.5) is 11.4 Å². The van der Waals surface area contributed by atoms with Gasteiger partial charge in [0, 0.05) is 103 Å². The molecule has 3 aromatic carbocycles. The molecule has 0 atom stereocenters. The van der Waals surface area contributed by atoms with E-state index in [2.05, 4.69) is 65.2 Å². The second-order valence-corrected chi connectivity index (χ2v) is 15.7. The Kier molecular flexibility index (Phi) is 11.6. The minimum atomic E-state index is -1.24. The normalized spacial score (nSPS) is 17.4. The maximum atomic E-state index is 14.0. The third-order valence-corrected chi connectivity index (χ3v) is 11.7. The van der Waals surface area contributed by atoms with Crippen molar-refractivity contribution in [2.45, 2.75) is 43.2 Å². The lowest BCUT2D eigenvalue weighted by molar-refractivity contribution is 0.0468. The molecule has 11 nitrogen and oxygen atoms in total. The number of alkyl halides is 1. The molecular formula is C42H53ClN6O5. The molecule has 1 spiro atoms. The fourth-order valence-corrected chi connectivity index (χ4v) is 8.15. The molecule has 2 saturated heterocycles. The quantitative estimate of drug-likeness (QED) is 0.138. The Balaban J connectivity index is 1.12. The molecule has 2 fully saturated rings. The largest absolute Gasteiger partial charge is 0.457 e. The monoisotopic (exact) mass is 756 g/mol. The fraction of sp³-hybridized carbons (Fsp3) is 0.500. The molecule has 0 radical (unpaired) electrons. The third-order valence-electron chi connectivity index (χ3n) is 11.5. The molecule has 3 aliphatic heterocycles. The number of hydrogen-bond acceptors (Lipinski definition) is 10. The number of Topliss-reactive ketones (excluding diaryl/α,β-unsaturated/α-hetero) is 1. The zero-order valence-corrected chi connectivity index (χ0v) is 32.7. The van der Waals surface area contributed by atoms with Crippen LogP contribution in [0.25, 0.3) is 0 Å². The second kappa shape index (κ2) is 16.4. The Labute approximate surface area is 324 Å². The number of unbranched alkanes of at least 4 members (excludes halogenated alkanes) is 3. The molecule has 4 aliphatic rings. The van der Waals surface area contributed by atoms with E-state index in [1.54, 1.807) is 18.2 Å². The topological polar surface area (TPSA) is 111 Å². The van der Waals surface area contributed by atoms with Crippen molar-refractivity contribution in [1.29, 1.82) is 5.41 Å². The fourth-order valence-electron chi connectivity index (χ4n) is 7.96. The number of anilines is 2. The number of rotatable bonds is 17. The van der Waals surface area contributed by atoms with Crippen LogP contribution in [0.15, 0.2) is 54.6 Å². The molecule has 12 heteroatoms. The van der Waals surface area contributed by atoms with Gasteiger partial charge in [0.25, 0.3) is 5.91 Å². The van der Waals surface area contributed by atoms with Crippen LogP contribution in [0.1, 0.15) is 63.1 Å². The van der Waals surface area contributed by atoms with Gasteiger partial charge < -0.3 is 39.1 Å². The predicted molar refractivity (Wildman–Crippen MR) is 214 cm³/mol. The minimum absolute atomic E-state index is 0.0412. The second-order valence-electron chi connectivity index (χ2n) is 15.3. The molecule has 0 bridgehead atoms. The highest BCUT2D eigenvalue weighted by Gasteiger charge is 2.56. The molecular weight excluding hydrogens is 704 g/mol. The summed E-state index contributed by atoms with van der Waals surface area (Å²) in [6.07, 6.45) is 4.28. The van der Waals surface area contributed by atoms with Crippen molar-refractivity contribution in [3.63, 3.8) is 0 Å². The van der Waals surface area contributed by atoms with Gasteiger partial charge in [-0.2, -0.15) is 0 Å². The molecule has 2 N–H and O–H groups in total. The molecule has 3 heterocycles. The number of benzene rings is 3. The van der Waals surface area contributed by atoms with E-state index in [1.807, 2.05) is 24.3 Å². The number of carbonyl (C=O) groups is 2. The summed E-state index contributed by atoms with van der Waals surface area (Å²) in [5.41, 5.74) is 3.73. The van der Waals surface area contributed by atoms with E-state index in [0.717, 1.165) is 74.4 Å². The summed E-state index contributed by atoms with van der Waals surface area (Å²) in [7, 11) is 8.40. The summed E-state index contributed by atoms with van der Waals surface area (Å²) >= 11 is 5.73. The lowest BCUT2D eigenvalue weighted by Gasteiger charge is -2.46. The Bertz CT molecular complexity index is 1800. The number of ketones is 1. The van der Waals surface area contributed by atoms with E-state index < -0.39 is 5.41 Å². The maximum absolute atomic E-state index is 14.0. The number of hydrogen-bond donors (Lipinski definition) is 2. The number of nitrogens with zero attached hydrogens (tertiary/aromatic N) is 4. The molecule has 0 unspecified atom stereocenters. The summed E-state index contributed by atoms with van der Waals surface area (Å²) in [5.74, 6) is 1.33. The van der Waals surface area contributed by atoms with Gasteiger partial charge in [0.1, 0.15) is 11.5 Å². The molecule has 1 amide bonds. The molecule has 3 aromatic rings. The van der Waals surface area contributed by atoms with Crippen LogP contribution in [-0.2, 0) is 14.9 Å². The number of amides is 1. The van der Waals surface area contributed by atoms with E-state index in [0.29, 0.717) is 79.1 Å². The minimum Gasteiger partial charge on any atom is -0.457 e. The van der Waals surface area contributed by atoms with Crippen molar-refractivity contribution in [3.05, 3.63) is 82.4 Å². The average molecular weight is 757 g/mol. The Morgan fingerprint density at radius 1 is 0.796 bits per heavy atom. The van der Waals surface area contributed by atoms with Gasteiger partial charge in [-0.1, -0.05) is 25.0 Å². The van der Waals surface area contributed by atoms with Crippen molar-refractivity contribution in [2.75, 3.05) is 103 Å². The van der Waals surface area contributed by atoms with E-state index >= 15 is 0 Å². The van der Waals surface area contributed by atoms with Crippen LogP contribution in [0.5, 0.6) is 11.5 Å². The molecule has 288 valence electrons. The first kappa shape index (κ1) is 38.3. The van der Waals surface area contributed by atoms with Crippen molar-refractivity contribution >= 4 is 40.4 Å². The van der Waals surface area contributed by atoms with Crippen LogP contribution >= 0.6 is 11.6 Å². The van der Waals surface area contributed by atoms with Crippen LogP contribution in [0, 0.1) is 5.41 Å². The van der Waals surface area contributed by atoms with E-state index in [9.17, 15) is 15.0 Å². The highest BCUT2D eigenvalue weighted by molar-refractivity contribution is 6.53. The molecule has 1 aliphatic carbocycles. The van der Waals surface area contributed by atoms with Crippen LogP contribution in [0.3, 0.4) is 0 Å². The Hall–Kier alpha value is -4.00. The van der Waals surface area contributed by atoms with Crippen LogP contribution in [-0.4, -0.2) is 133 Å². The summed E-state index contributed by atoms with van der Waals surface area (Å²) < 4.78 is 18.1. The Morgan fingerprint density at radius 2 is 1.37 bits per heavy atom. The van der Waals surface area contributed by atoms with Gasteiger partial charge in [-0.25, -0.2) is 0 Å². The zero-order valence-electron chi connectivity index (χ0n) is 32.0. The predicted octanol–water partition coefficient (Wildman–Crippen LogP) is 5.41. The third kappa shape index (κ3) is 7.24. The van der Waals surface area contributed by atoms with Crippen molar-refractivity contribution < 1.29 is 23.8 Å². The van der Waals surface area contributed by atoms with Crippen molar-refractivity contribution in [1.82, 2.24) is 15.1 Å². The number of carbonyl (C=O) groups excluding carboxylic acids is 2. The Morgan fingerprint density at radius 3 is 1.94 bits per heavy atom. The number of ether oxygens (including phenoxy) is 3. The van der Waals surface area contributed by atoms with Crippen LogP contribution < -0.4 is 19.9 Å². The summed E-state index contributed by atoms with van der Waals surface area (Å²) in [6, 6.07) is 18.3. The zero-order chi connectivity index (χ0) is 38.0. The lowest BCUT2D eigenvalue weighted by Crippen LogP contribution is -2.57. The van der Waals surface area contributed by atoms with Crippen molar-refractivity contribution in [3.8, 4) is 11.5 Å². The maximum Gasteiger partial charge on any atom is 0.251 e. The highest BCUT2D eigenvalue weighted by atomic mass is 35.5. The van der Waals surface area contributed by atoms with Gasteiger partial charge in [0.15, 0.2) is 0 Å². The number of halogens is 1. The first-order chi connectivity index (χ1) is 26.1. The van der Waals surface area contributed by atoms with Gasteiger partial charge in [-0.05, 0) is 76.9 Å². The first-order valence-corrected chi connectivity index (χ1v) is 19.7. The summed E-state index contributed by atoms with van der Waals surface area (Å²) in [6.45, 7) is 5.98. The van der Waals surface area contributed by atoms with Gasteiger partial charge >= 0.3 is 0 Å². The molecule has 7 rings (SSSR count). The smallest absolute Gasteiger partial charge is 0.251 e. The molecule has 0 aromatic heterocycles. The number of nitrogens with one attached hydrogen (secondary N) is 2.